The summed E-state index contributed by atoms with van der Waals surface area (Å²) in [4.78, 5) is 0. The molecular formula is C15H22FNO. The van der Waals surface area contributed by atoms with E-state index in [9.17, 15) is 4.39 Å². The predicted octanol–water partition coefficient (Wildman–Crippen LogP) is 3.53. The fraction of sp³-hybridized carbons (Fsp3) is 0.600. The maximum Gasteiger partial charge on any atom is 0.169 e. The Balaban J connectivity index is 2.27. The molecule has 0 heterocycles. The highest BCUT2D eigenvalue weighted by Crippen LogP contribution is 2.40. The van der Waals surface area contributed by atoms with E-state index in [1.807, 2.05) is 19.2 Å². The van der Waals surface area contributed by atoms with Gasteiger partial charge in [-0.05, 0) is 37.8 Å². The zero-order valence-electron chi connectivity index (χ0n) is 11.4. The smallest absolute Gasteiger partial charge is 0.169 e. The Hall–Kier alpha value is -1.09. The lowest BCUT2D eigenvalue weighted by Gasteiger charge is -2.24. The number of hydrogen-bond acceptors (Lipinski definition) is 2. The van der Waals surface area contributed by atoms with Crippen LogP contribution in [0.5, 0.6) is 5.75 Å². The molecule has 0 amide bonds. The van der Waals surface area contributed by atoms with Crippen molar-refractivity contribution in [2.24, 2.45) is 11.8 Å². The summed E-state index contributed by atoms with van der Waals surface area (Å²) in [6.45, 7) is 2.27. The Morgan fingerprint density at radius 3 is 2.72 bits per heavy atom. The van der Waals surface area contributed by atoms with Gasteiger partial charge in [-0.1, -0.05) is 25.5 Å². The van der Waals surface area contributed by atoms with Gasteiger partial charge in [0.2, 0.25) is 0 Å². The highest BCUT2D eigenvalue weighted by molar-refractivity contribution is 5.33. The van der Waals surface area contributed by atoms with E-state index in [2.05, 4.69) is 12.2 Å². The minimum Gasteiger partial charge on any atom is -0.494 e. The van der Waals surface area contributed by atoms with E-state index >= 15 is 0 Å². The van der Waals surface area contributed by atoms with Crippen molar-refractivity contribution in [1.82, 2.24) is 5.32 Å². The maximum absolute atomic E-state index is 14.3. The zero-order chi connectivity index (χ0) is 13.1. The summed E-state index contributed by atoms with van der Waals surface area (Å²) in [5.74, 6) is 1.38. The first kappa shape index (κ1) is 13.3. The quantitative estimate of drug-likeness (QED) is 0.884. The van der Waals surface area contributed by atoms with Gasteiger partial charge >= 0.3 is 0 Å². The average molecular weight is 251 g/mol. The van der Waals surface area contributed by atoms with Crippen molar-refractivity contribution in [3.63, 3.8) is 0 Å². The number of ether oxygens (including phenoxy) is 1. The Morgan fingerprint density at radius 2 is 2.17 bits per heavy atom. The molecule has 100 valence electrons. The molecule has 18 heavy (non-hydrogen) atoms. The summed E-state index contributed by atoms with van der Waals surface area (Å²) >= 11 is 0. The van der Waals surface area contributed by atoms with E-state index in [1.165, 1.54) is 26.4 Å². The van der Waals surface area contributed by atoms with Crippen LogP contribution in [0.3, 0.4) is 0 Å². The van der Waals surface area contributed by atoms with Crippen molar-refractivity contribution in [2.75, 3.05) is 14.2 Å². The fourth-order valence-corrected chi connectivity index (χ4v) is 3.12. The molecule has 3 heteroatoms. The van der Waals surface area contributed by atoms with E-state index in [1.54, 1.807) is 6.07 Å². The molecule has 0 bridgehead atoms. The van der Waals surface area contributed by atoms with Crippen LogP contribution in [0.15, 0.2) is 18.2 Å². The fourth-order valence-electron chi connectivity index (χ4n) is 3.12. The molecule has 1 aromatic carbocycles. The second kappa shape index (κ2) is 5.70. The summed E-state index contributed by atoms with van der Waals surface area (Å²) in [7, 11) is 3.42. The van der Waals surface area contributed by atoms with Gasteiger partial charge < -0.3 is 10.1 Å². The van der Waals surface area contributed by atoms with Gasteiger partial charge in [0, 0.05) is 11.6 Å². The highest BCUT2D eigenvalue weighted by atomic mass is 19.1. The van der Waals surface area contributed by atoms with Crippen molar-refractivity contribution in [3.05, 3.63) is 29.6 Å². The van der Waals surface area contributed by atoms with Crippen LogP contribution in [0.1, 0.15) is 37.8 Å². The maximum atomic E-state index is 14.3. The van der Waals surface area contributed by atoms with Crippen molar-refractivity contribution in [1.29, 1.82) is 0 Å². The monoisotopic (exact) mass is 251 g/mol. The molecular weight excluding hydrogens is 229 g/mol. The Morgan fingerprint density at radius 1 is 1.39 bits per heavy atom. The molecule has 1 aliphatic carbocycles. The number of nitrogens with one attached hydrogen (secondary N) is 1. The third-order valence-corrected chi connectivity index (χ3v) is 4.07. The first-order chi connectivity index (χ1) is 8.67. The van der Waals surface area contributed by atoms with Crippen LogP contribution in [-0.2, 0) is 0 Å². The van der Waals surface area contributed by atoms with Gasteiger partial charge in [-0.2, -0.15) is 0 Å². The lowest BCUT2D eigenvalue weighted by atomic mass is 9.90. The summed E-state index contributed by atoms with van der Waals surface area (Å²) in [5.41, 5.74) is 0.732. The van der Waals surface area contributed by atoms with Gasteiger partial charge in [-0.25, -0.2) is 4.39 Å². The van der Waals surface area contributed by atoms with E-state index in [4.69, 9.17) is 4.74 Å². The second-order valence-corrected chi connectivity index (χ2v) is 5.31. The minimum absolute atomic E-state index is 0.0880. The molecule has 1 aromatic rings. The number of benzene rings is 1. The summed E-state index contributed by atoms with van der Waals surface area (Å²) in [6, 6.07) is 5.48. The van der Waals surface area contributed by atoms with Crippen LogP contribution >= 0.6 is 0 Å². The second-order valence-electron chi connectivity index (χ2n) is 5.31. The predicted molar refractivity (Wildman–Crippen MR) is 71.3 cm³/mol. The van der Waals surface area contributed by atoms with Gasteiger partial charge in [0.15, 0.2) is 11.6 Å². The molecule has 1 N–H and O–H groups in total. The molecule has 2 nitrogen and oxygen atoms in total. The van der Waals surface area contributed by atoms with E-state index in [0.29, 0.717) is 11.7 Å². The Kier molecular flexibility index (Phi) is 4.23. The summed E-state index contributed by atoms with van der Waals surface area (Å²) in [6.07, 6.45) is 3.58. The van der Waals surface area contributed by atoms with Gasteiger partial charge in [-0.3, -0.25) is 0 Å². The largest absolute Gasteiger partial charge is 0.494 e. The number of halogens is 1. The van der Waals surface area contributed by atoms with Crippen molar-refractivity contribution in [2.45, 2.75) is 32.2 Å². The molecule has 3 atom stereocenters. The van der Waals surface area contributed by atoms with Crippen LogP contribution in [0, 0.1) is 17.7 Å². The molecule has 0 radical (unpaired) electrons. The van der Waals surface area contributed by atoms with Crippen LogP contribution in [0.4, 0.5) is 4.39 Å². The lowest BCUT2D eigenvalue weighted by molar-refractivity contribution is 0.350. The Labute approximate surface area is 109 Å². The molecule has 0 aromatic heterocycles. The first-order valence-corrected chi connectivity index (χ1v) is 6.67. The van der Waals surface area contributed by atoms with Crippen LogP contribution < -0.4 is 10.1 Å². The van der Waals surface area contributed by atoms with Crippen molar-refractivity contribution >= 4 is 0 Å². The SMILES string of the molecule is CNC(c1cccc(OC)c1F)C1CCC(C)C1. The summed E-state index contributed by atoms with van der Waals surface area (Å²) < 4.78 is 19.4. The molecule has 3 unspecified atom stereocenters. The zero-order valence-corrected chi connectivity index (χ0v) is 11.4. The summed E-state index contributed by atoms with van der Waals surface area (Å²) in [5, 5.41) is 3.28. The van der Waals surface area contributed by atoms with Crippen molar-refractivity contribution < 1.29 is 9.13 Å². The van der Waals surface area contributed by atoms with E-state index in [0.717, 1.165) is 11.5 Å². The molecule has 0 aliphatic heterocycles. The van der Waals surface area contributed by atoms with Crippen molar-refractivity contribution in [3.8, 4) is 5.75 Å². The van der Waals surface area contributed by atoms with Crippen LogP contribution in [0.2, 0.25) is 0 Å². The normalized spacial score (nSPS) is 25.1. The molecule has 1 aliphatic rings. The number of rotatable bonds is 4. The molecule has 0 spiro atoms. The Bertz CT molecular complexity index is 407. The first-order valence-electron chi connectivity index (χ1n) is 6.67. The lowest BCUT2D eigenvalue weighted by Crippen LogP contribution is -2.25. The minimum atomic E-state index is -0.223. The topological polar surface area (TPSA) is 21.3 Å². The number of methoxy groups -OCH3 is 1. The van der Waals surface area contributed by atoms with Gasteiger partial charge in [0.05, 0.1) is 7.11 Å². The van der Waals surface area contributed by atoms with Gasteiger partial charge in [0.25, 0.3) is 0 Å². The molecule has 2 rings (SSSR count). The van der Waals surface area contributed by atoms with Gasteiger partial charge in [-0.15, -0.1) is 0 Å². The van der Waals surface area contributed by atoms with Gasteiger partial charge in [0.1, 0.15) is 0 Å². The third kappa shape index (κ3) is 2.51. The number of hydrogen-bond donors (Lipinski definition) is 1. The van der Waals surface area contributed by atoms with Crippen LogP contribution in [0.25, 0.3) is 0 Å². The highest BCUT2D eigenvalue weighted by Gasteiger charge is 2.30. The molecule has 0 saturated heterocycles. The third-order valence-electron chi connectivity index (χ3n) is 4.07. The molecule has 1 fully saturated rings. The van der Waals surface area contributed by atoms with E-state index in [-0.39, 0.29) is 11.9 Å². The standard InChI is InChI=1S/C15H22FNO/c1-10-7-8-11(9-10)15(17-2)12-5-4-6-13(18-3)14(12)16/h4-6,10-11,15,17H,7-9H2,1-3H3. The van der Waals surface area contributed by atoms with E-state index < -0.39 is 0 Å². The average Bonchev–Trinajstić information content (AvgIpc) is 2.79. The van der Waals surface area contributed by atoms with Crippen LogP contribution in [-0.4, -0.2) is 14.2 Å². The molecule has 1 saturated carbocycles.